The smallest absolute Gasteiger partial charge is 0.448 e. The van der Waals surface area contributed by atoms with Crippen LogP contribution in [0.15, 0.2) is 24.5 Å². The minimum Gasteiger partial charge on any atom is -0.448 e. The van der Waals surface area contributed by atoms with Gasteiger partial charge in [-0.2, -0.15) is 9.78 Å². The Morgan fingerprint density at radius 2 is 1.80 bits per heavy atom. The van der Waals surface area contributed by atoms with Gasteiger partial charge in [0.1, 0.15) is 0 Å². The lowest BCUT2D eigenvalue weighted by molar-refractivity contribution is -0.212. The molecule has 0 fully saturated rings. The summed E-state index contributed by atoms with van der Waals surface area (Å²) in [7, 11) is 0. The molecule has 0 saturated carbocycles. The average molecular weight is 294 g/mol. The molecule has 1 N–H and O–H groups in total. The Hall–Kier alpha value is -2.16. The van der Waals surface area contributed by atoms with Crippen LogP contribution in [0.1, 0.15) is 5.56 Å². The predicted molar refractivity (Wildman–Crippen MR) is 55.9 cm³/mol. The first-order chi connectivity index (χ1) is 9.31. The number of ether oxygens (including phenoxy) is 1. The number of rotatable bonds is 3. The van der Waals surface area contributed by atoms with Gasteiger partial charge in [0, 0.05) is 0 Å². The van der Waals surface area contributed by atoms with Crippen molar-refractivity contribution in [3.8, 4) is 11.5 Å². The van der Waals surface area contributed by atoms with Crippen LogP contribution in [0.25, 0.3) is 0 Å². The van der Waals surface area contributed by atoms with Gasteiger partial charge in [-0.25, -0.2) is 8.78 Å². The summed E-state index contributed by atoms with van der Waals surface area (Å²) in [6.07, 6.45) is -3.63. The van der Waals surface area contributed by atoms with Crippen LogP contribution in [0, 0.1) is 11.6 Å². The van der Waals surface area contributed by atoms with Gasteiger partial charge >= 0.3 is 6.30 Å². The summed E-state index contributed by atoms with van der Waals surface area (Å²) in [6, 6.07) is 1.62. The van der Waals surface area contributed by atoms with Crippen LogP contribution in [-0.2, 0) is 12.9 Å². The lowest BCUT2D eigenvalue weighted by Gasteiger charge is -2.07. The van der Waals surface area contributed by atoms with Crippen molar-refractivity contribution in [2.45, 2.75) is 12.9 Å². The third-order valence-corrected chi connectivity index (χ3v) is 2.28. The van der Waals surface area contributed by atoms with Gasteiger partial charge in [0.25, 0.3) is 0 Å². The van der Waals surface area contributed by atoms with Crippen molar-refractivity contribution in [3.05, 3.63) is 41.7 Å². The Kier molecular flexibility index (Phi) is 3.62. The number of aromatic nitrogens is 2. The zero-order valence-electron chi connectivity index (χ0n) is 9.66. The first kappa shape index (κ1) is 14.3. The molecule has 1 aromatic carbocycles. The van der Waals surface area contributed by atoms with Crippen molar-refractivity contribution in [2.75, 3.05) is 0 Å². The van der Waals surface area contributed by atoms with Crippen LogP contribution in [0.4, 0.5) is 22.0 Å². The molecule has 0 radical (unpaired) electrons. The lowest BCUT2D eigenvalue weighted by Crippen LogP contribution is -2.16. The van der Waals surface area contributed by atoms with E-state index in [-0.39, 0.29) is 10.2 Å². The Bertz CT molecular complexity index is 601. The minimum absolute atomic E-state index is 0.0293. The second-order valence-electron chi connectivity index (χ2n) is 3.74. The van der Waals surface area contributed by atoms with Crippen molar-refractivity contribution in [2.24, 2.45) is 0 Å². The van der Waals surface area contributed by atoms with E-state index in [2.05, 4.69) is 5.10 Å². The molecule has 2 rings (SSSR count). The molecule has 4 nitrogen and oxygen atoms in total. The zero-order chi connectivity index (χ0) is 14.9. The van der Waals surface area contributed by atoms with E-state index in [0.29, 0.717) is 12.4 Å². The van der Waals surface area contributed by atoms with Gasteiger partial charge in [0.2, 0.25) is 0 Å². The topological polar surface area (TPSA) is 47.3 Å². The number of aliphatic hydroxyl groups excluding tert-OH is 1. The molecule has 1 aromatic heterocycles. The predicted octanol–water partition coefficient (Wildman–Crippen LogP) is 2.92. The molecular formula is C11H7F5N2O2. The quantitative estimate of drug-likeness (QED) is 0.885. The summed E-state index contributed by atoms with van der Waals surface area (Å²) < 4.78 is 68.1. The van der Waals surface area contributed by atoms with Gasteiger partial charge in [-0.1, -0.05) is 0 Å². The van der Waals surface area contributed by atoms with Gasteiger partial charge in [0.05, 0.1) is 19.0 Å². The molecule has 0 atom stereocenters. The largest absolute Gasteiger partial charge is 0.504 e. The Balaban J connectivity index is 2.29. The molecule has 2 aromatic rings. The number of nitrogens with zero attached hydrogens (tertiary/aromatic N) is 2. The van der Waals surface area contributed by atoms with E-state index in [1.807, 2.05) is 0 Å². The number of aliphatic hydroxyl groups is 1. The van der Waals surface area contributed by atoms with Gasteiger partial charge in [-0.3, -0.25) is 0 Å². The third kappa shape index (κ3) is 2.87. The fraction of sp³-hybridized carbons (Fsp3) is 0.182. The standard InChI is InChI=1S/C11H7F5N2O2/c12-8-1-6(5-19)2-9(13)10(8)20-7-3-17-18(4-7)11(14,15)16/h1-4,19H,5H2. The molecule has 1 heterocycles. The molecule has 0 bridgehead atoms. The third-order valence-electron chi connectivity index (χ3n) is 2.28. The van der Waals surface area contributed by atoms with E-state index in [1.165, 1.54) is 0 Å². The zero-order valence-corrected chi connectivity index (χ0v) is 9.66. The molecule has 0 aliphatic heterocycles. The lowest BCUT2D eigenvalue weighted by atomic mass is 10.2. The molecule has 0 saturated heterocycles. The van der Waals surface area contributed by atoms with Crippen molar-refractivity contribution in [3.63, 3.8) is 0 Å². The van der Waals surface area contributed by atoms with Crippen LogP contribution in [0.2, 0.25) is 0 Å². The van der Waals surface area contributed by atoms with Gasteiger partial charge < -0.3 is 9.84 Å². The SMILES string of the molecule is OCc1cc(F)c(Oc2cnn(C(F)(F)F)c2)c(F)c1. The molecule has 0 spiro atoms. The number of hydrogen-bond donors (Lipinski definition) is 1. The number of alkyl halides is 3. The number of halogens is 5. The Labute approximate surface area is 109 Å². The van der Waals surface area contributed by atoms with Crippen molar-refractivity contribution < 1.29 is 31.8 Å². The average Bonchev–Trinajstić information content (AvgIpc) is 2.82. The van der Waals surface area contributed by atoms with Crippen molar-refractivity contribution in [1.29, 1.82) is 0 Å². The molecule has 0 unspecified atom stereocenters. The minimum atomic E-state index is -4.75. The van der Waals surface area contributed by atoms with Gasteiger partial charge in [-0.15, -0.1) is 13.2 Å². The fourth-order valence-corrected chi connectivity index (χ4v) is 1.42. The molecular weight excluding hydrogens is 287 g/mol. The molecule has 0 aliphatic rings. The van der Waals surface area contributed by atoms with E-state index in [4.69, 9.17) is 9.84 Å². The van der Waals surface area contributed by atoms with Crippen molar-refractivity contribution in [1.82, 2.24) is 9.78 Å². The molecule has 20 heavy (non-hydrogen) atoms. The summed E-state index contributed by atoms with van der Waals surface area (Å²) in [4.78, 5) is 0. The molecule has 0 aliphatic carbocycles. The highest BCUT2D eigenvalue weighted by Gasteiger charge is 2.32. The van der Waals surface area contributed by atoms with Gasteiger partial charge in [-0.05, 0) is 17.7 Å². The first-order valence-corrected chi connectivity index (χ1v) is 5.19. The highest BCUT2D eigenvalue weighted by Crippen LogP contribution is 2.30. The summed E-state index contributed by atoms with van der Waals surface area (Å²) in [5, 5.41) is 11.7. The number of benzene rings is 1. The maximum atomic E-state index is 13.5. The van der Waals surface area contributed by atoms with E-state index in [0.717, 1.165) is 12.1 Å². The summed E-state index contributed by atoms with van der Waals surface area (Å²) in [5.74, 6) is -3.64. The van der Waals surface area contributed by atoms with Crippen LogP contribution in [-0.4, -0.2) is 14.9 Å². The summed E-state index contributed by atoms with van der Waals surface area (Å²) >= 11 is 0. The van der Waals surface area contributed by atoms with Crippen LogP contribution < -0.4 is 4.74 Å². The number of hydrogen-bond acceptors (Lipinski definition) is 3. The molecule has 108 valence electrons. The second kappa shape index (κ2) is 5.08. The summed E-state index contributed by atoms with van der Waals surface area (Å²) in [5.41, 5.74) is -0.0293. The van der Waals surface area contributed by atoms with Crippen LogP contribution in [0.3, 0.4) is 0 Å². The van der Waals surface area contributed by atoms with E-state index in [1.54, 1.807) is 0 Å². The van der Waals surface area contributed by atoms with Crippen molar-refractivity contribution >= 4 is 0 Å². The highest BCUT2D eigenvalue weighted by molar-refractivity contribution is 5.34. The van der Waals surface area contributed by atoms with Crippen LogP contribution in [0.5, 0.6) is 11.5 Å². The van der Waals surface area contributed by atoms with E-state index < -0.39 is 36.0 Å². The first-order valence-electron chi connectivity index (χ1n) is 5.19. The normalized spacial score (nSPS) is 11.7. The Morgan fingerprint density at radius 3 is 2.25 bits per heavy atom. The fourth-order valence-electron chi connectivity index (χ4n) is 1.42. The Morgan fingerprint density at radius 1 is 1.20 bits per heavy atom. The second-order valence-corrected chi connectivity index (χ2v) is 3.74. The summed E-state index contributed by atoms with van der Waals surface area (Å²) in [6.45, 7) is -0.583. The molecule has 0 amide bonds. The van der Waals surface area contributed by atoms with E-state index >= 15 is 0 Å². The maximum absolute atomic E-state index is 13.5. The maximum Gasteiger partial charge on any atom is 0.504 e. The van der Waals surface area contributed by atoms with Crippen LogP contribution >= 0.6 is 0 Å². The molecule has 9 heteroatoms. The van der Waals surface area contributed by atoms with E-state index in [9.17, 15) is 22.0 Å². The monoisotopic (exact) mass is 294 g/mol. The van der Waals surface area contributed by atoms with Gasteiger partial charge in [0.15, 0.2) is 23.1 Å². The highest BCUT2D eigenvalue weighted by atomic mass is 19.4.